The molecule has 3 heterocycles. The number of hydrogen-bond acceptors (Lipinski definition) is 4. The van der Waals surface area contributed by atoms with Crippen molar-refractivity contribution in [1.29, 1.82) is 0 Å². The molecule has 8 nitrogen and oxygen atoms in total. The number of piperidine rings is 1. The number of amides is 2. The second kappa shape index (κ2) is 9.28. The third-order valence-corrected chi connectivity index (χ3v) is 5.64. The molecule has 0 spiro atoms. The summed E-state index contributed by atoms with van der Waals surface area (Å²) in [6.07, 6.45) is 4.54. The Morgan fingerprint density at radius 1 is 1.32 bits per heavy atom. The quantitative estimate of drug-likeness (QED) is 0.607. The molecule has 2 aromatic heterocycles. The van der Waals surface area contributed by atoms with Crippen LogP contribution in [0.3, 0.4) is 0 Å². The van der Waals surface area contributed by atoms with E-state index in [4.69, 9.17) is 0 Å². The first-order valence-electron chi connectivity index (χ1n) is 10.8. The first kappa shape index (κ1) is 21.0. The summed E-state index contributed by atoms with van der Waals surface area (Å²) in [5.41, 5.74) is 1.81. The average Bonchev–Trinajstić information content (AvgIpc) is 3.39. The summed E-state index contributed by atoms with van der Waals surface area (Å²) in [6, 6.07) is 6.16. The van der Waals surface area contributed by atoms with Crippen LogP contribution in [0.25, 0.3) is 11.0 Å². The number of hydrogen-bond donors (Lipinski definition) is 2. The van der Waals surface area contributed by atoms with E-state index in [9.17, 15) is 14.0 Å². The Balaban J connectivity index is 1.24. The standard InChI is InChI=1S/C22H27FN6O2/c1-2-29-11-8-18(27-29)22(31)28-10-3-4-15(14-28)12-21(30)24-9-7-20-25-17-6-5-16(23)13-19(17)26-20/h5-6,8,11,13,15H,2-4,7,9-10,12,14H2,1H3,(H,24,30)(H,25,26). The number of halogens is 1. The molecule has 9 heteroatoms. The highest BCUT2D eigenvalue weighted by atomic mass is 19.1. The third kappa shape index (κ3) is 5.10. The maximum absolute atomic E-state index is 13.3. The summed E-state index contributed by atoms with van der Waals surface area (Å²) in [5, 5.41) is 7.22. The highest BCUT2D eigenvalue weighted by molar-refractivity contribution is 5.92. The topological polar surface area (TPSA) is 95.9 Å². The average molecular weight is 426 g/mol. The Labute approximate surface area is 179 Å². The molecular formula is C22H27FN6O2. The third-order valence-electron chi connectivity index (χ3n) is 5.64. The lowest BCUT2D eigenvalue weighted by Gasteiger charge is -2.32. The highest BCUT2D eigenvalue weighted by Gasteiger charge is 2.27. The molecule has 31 heavy (non-hydrogen) atoms. The van der Waals surface area contributed by atoms with E-state index in [2.05, 4.69) is 20.4 Å². The number of nitrogens with one attached hydrogen (secondary N) is 2. The van der Waals surface area contributed by atoms with Gasteiger partial charge in [0.25, 0.3) is 5.91 Å². The summed E-state index contributed by atoms with van der Waals surface area (Å²) in [6.45, 7) is 4.42. The summed E-state index contributed by atoms with van der Waals surface area (Å²) >= 11 is 0. The molecule has 1 unspecified atom stereocenters. The van der Waals surface area contributed by atoms with Crippen LogP contribution in [0.5, 0.6) is 0 Å². The van der Waals surface area contributed by atoms with Crippen molar-refractivity contribution in [1.82, 2.24) is 30.0 Å². The Bertz CT molecular complexity index is 1080. The summed E-state index contributed by atoms with van der Waals surface area (Å²) in [7, 11) is 0. The van der Waals surface area contributed by atoms with Gasteiger partial charge < -0.3 is 15.2 Å². The minimum Gasteiger partial charge on any atom is -0.356 e. The molecule has 0 aliphatic carbocycles. The molecule has 2 amide bonds. The molecule has 1 aliphatic rings. The molecule has 0 radical (unpaired) electrons. The van der Waals surface area contributed by atoms with Gasteiger partial charge >= 0.3 is 0 Å². The number of aryl methyl sites for hydroxylation is 1. The first-order chi connectivity index (χ1) is 15.0. The first-order valence-corrected chi connectivity index (χ1v) is 10.8. The maximum atomic E-state index is 13.3. The van der Waals surface area contributed by atoms with Crippen molar-refractivity contribution < 1.29 is 14.0 Å². The van der Waals surface area contributed by atoms with Crippen LogP contribution in [0, 0.1) is 11.7 Å². The molecule has 1 saturated heterocycles. The molecule has 2 N–H and O–H groups in total. The van der Waals surface area contributed by atoms with Crippen LogP contribution < -0.4 is 5.32 Å². The zero-order valence-corrected chi connectivity index (χ0v) is 17.6. The monoisotopic (exact) mass is 426 g/mol. The van der Waals surface area contributed by atoms with E-state index >= 15 is 0 Å². The van der Waals surface area contributed by atoms with Crippen molar-refractivity contribution in [3.05, 3.63) is 47.8 Å². The highest BCUT2D eigenvalue weighted by Crippen LogP contribution is 2.21. The van der Waals surface area contributed by atoms with Gasteiger partial charge in [0, 0.05) is 45.2 Å². The van der Waals surface area contributed by atoms with Crippen molar-refractivity contribution in [3.8, 4) is 0 Å². The molecule has 1 atom stereocenters. The number of aromatic amines is 1. The lowest BCUT2D eigenvalue weighted by molar-refractivity contribution is -0.122. The van der Waals surface area contributed by atoms with E-state index < -0.39 is 0 Å². The normalized spacial score (nSPS) is 16.6. The fraction of sp³-hybridized carbons (Fsp3) is 0.455. The largest absolute Gasteiger partial charge is 0.356 e. The van der Waals surface area contributed by atoms with Gasteiger partial charge in [0.2, 0.25) is 5.91 Å². The molecular weight excluding hydrogens is 399 g/mol. The number of carbonyl (C=O) groups excluding carboxylic acids is 2. The Morgan fingerprint density at radius 2 is 2.19 bits per heavy atom. The lowest BCUT2D eigenvalue weighted by Crippen LogP contribution is -2.41. The Morgan fingerprint density at radius 3 is 3.00 bits per heavy atom. The van der Waals surface area contributed by atoms with Crippen LogP contribution in [0.15, 0.2) is 30.5 Å². The molecule has 1 fully saturated rings. The van der Waals surface area contributed by atoms with Gasteiger partial charge in [0.05, 0.1) is 11.0 Å². The Kier molecular flexibility index (Phi) is 6.29. The summed E-state index contributed by atoms with van der Waals surface area (Å²) < 4.78 is 15.0. The number of fused-ring (bicyclic) bond motifs is 1. The second-order valence-corrected chi connectivity index (χ2v) is 7.97. The van der Waals surface area contributed by atoms with Crippen molar-refractivity contribution in [2.24, 2.45) is 5.92 Å². The van der Waals surface area contributed by atoms with Gasteiger partial charge in [0.15, 0.2) is 0 Å². The van der Waals surface area contributed by atoms with Crippen LogP contribution in [-0.4, -0.2) is 56.1 Å². The van der Waals surface area contributed by atoms with Gasteiger partial charge in [-0.05, 0) is 49.9 Å². The van der Waals surface area contributed by atoms with Crippen molar-refractivity contribution in [3.63, 3.8) is 0 Å². The van der Waals surface area contributed by atoms with E-state index in [1.165, 1.54) is 12.1 Å². The Hall–Kier alpha value is -3.23. The zero-order valence-electron chi connectivity index (χ0n) is 17.6. The van der Waals surface area contributed by atoms with Crippen LogP contribution in [0.4, 0.5) is 4.39 Å². The molecule has 3 aromatic rings. The molecule has 1 aromatic carbocycles. The van der Waals surface area contributed by atoms with Gasteiger partial charge in [0.1, 0.15) is 17.3 Å². The van der Waals surface area contributed by atoms with E-state index in [0.29, 0.717) is 55.0 Å². The maximum Gasteiger partial charge on any atom is 0.274 e. The fourth-order valence-corrected chi connectivity index (χ4v) is 4.04. The number of imidazole rings is 1. The number of nitrogens with zero attached hydrogens (tertiary/aromatic N) is 4. The number of aromatic nitrogens is 4. The van der Waals surface area contributed by atoms with Crippen LogP contribution >= 0.6 is 0 Å². The minimum atomic E-state index is -0.310. The van der Waals surface area contributed by atoms with E-state index in [1.807, 2.05) is 6.92 Å². The smallest absolute Gasteiger partial charge is 0.274 e. The number of H-pyrrole nitrogens is 1. The molecule has 0 saturated carbocycles. The number of likely N-dealkylation sites (tertiary alicyclic amines) is 1. The van der Waals surface area contributed by atoms with Gasteiger partial charge in [-0.3, -0.25) is 14.3 Å². The SMILES string of the molecule is CCn1ccc(C(=O)N2CCCC(CC(=O)NCCc3nc4ccc(F)cc4[nH]3)C2)n1. The van der Waals surface area contributed by atoms with Crippen LogP contribution in [0.2, 0.25) is 0 Å². The van der Waals surface area contributed by atoms with Gasteiger partial charge in [-0.1, -0.05) is 0 Å². The predicted molar refractivity (Wildman–Crippen MR) is 114 cm³/mol. The number of carbonyl (C=O) groups is 2. The summed E-state index contributed by atoms with van der Waals surface area (Å²) in [4.78, 5) is 34.4. The zero-order chi connectivity index (χ0) is 21.8. The van der Waals surface area contributed by atoms with Crippen molar-refractivity contribution >= 4 is 22.8 Å². The van der Waals surface area contributed by atoms with Gasteiger partial charge in [-0.2, -0.15) is 5.10 Å². The minimum absolute atomic E-state index is 0.0308. The lowest BCUT2D eigenvalue weighted by atomic mass is 9.94. The molecule has 0 bridgehead atoms. The molecule has 4 rings (SSSR count). The number of rotatable bonds is 7. The van der Waals surface area contributed by atoms with E-state index in [0.717, 1.165) is 19.4 Å². The summed E-state index contributed by atoms with van der Waals surface area (Å²) in [5.74, 6) is 0.437. The van der Waals surface area contributed by atoms with Crippen molar-refractivity contribution in [2.75, 3.05) is 19.6 Å². The van der Waals surface area contributed by atoms with Crippen LogP contribution in [0.1, 0.15) is 42.5 Å². The van der Waals surface area contributed by atoms with E-state index in [-0.39, 0.29) is 23.5 Å². The molecule has 164 valence electrons. The van der Waals surface area contributed by atoms with Gasteiger partial charge in [-0.25, -0.2) is 9.37 Å². The van der Waals surface area contributed by atoms with Crippen molar-refractivity contribution in [2.45, 2.75) is 39.2 Å². The van der Waals surface area contributed by atoms with Crippen LogP contribution in [-0.2, 0) is 17.8 Å². The fourth-order valence-electron chi connectivity index (χ4n) is 4.04. The van der Waals surface area contributed by atoms with Gasteiger partial charge in [-0.15, -0.1) is 0 Å². The second-order valence-electron chi connectivity index (χ2n) is 7.97. The number of benzene rings is 1. The molecule has 1 aliphatic heterocycles. The predicted octanol–water partition coefficient (Wildman–Crippen LogP) is 2.52. The van der Waals surface area contributed by atoms with E-state index in [1.54, 1.807) is 27.9 Å².